The van der Waals surface area contributed by atoms with Crippen LogP contribution < -0.4 is 5.32 Å². The van der Waals surface area contributed by atoms with Crippen molar-refractivity contribution >= 4 is 17.3 Å². The lowest BCUT2D eigenvalue weighted by Gasteiger charge is -2.14. The van der Waals surface area contributed by atoms with Gasteiger partial charge in [0.15, 0.2) is 5.76 Å². The Morgan fingerprint density at radius 3 is 2.72 bits per heavy atom. The summed E-state index contributed by atoms with van der Waals surface area (Å²) in [5.74, 6) is 2.59. The van der Waals surface area contributed by atoms with E-state index in [-0.39, 0.29) is 0 Å². The Labute approximate surface area is 145 Å². The minimum atomic E-state index is 0.525. The van der Waals surface area contributed by atoms with Crippen molar-refractivity contribution in [2.75, 3.05) is 5.32 Å². The number of rotatable bonds is 4. The summed E-state index contributed by atoms with van der Waals surface area (Å²) < 4.78 is 7.18. The number of furan rings is 1. The van der Waals surface area contributed by atoms with Crippen LogP contribution in [-0.2, 0) is 6.42 Å². The van der Waals surface area contributed by atoms with Crippen molar-refractivity contribution in [3.05, 3.63) is 59.5 Å². The Morgan fingerprint density at radius 2 is 2.00 bits per heavy atom. The first-order chi connectivity index (χ1) is 12.2. The molecular weight excluding hydrogens is 314 g/mol. The van der Waals surface area contributed by atoms with Crippen LogP contribution in [0.1, 0.15) is 23.7 Å². The van der Waals surface area contributed by atoms with Gasteiger partial charge in [-0.05, 0) is 50.1 Å². The minimum absolute atomic E-state index is 0.525. The van der Waals surface area contributed by atoms with Gasteiger partial charge in [0.1, 0.15) is 5.82 Å². The Kier molecular flexibility index (Phi) is 3.72. The molecule has 3 heterocycles. The lowest BCUT2D eigenvalue weighted by molar-refractivity contribution is 0.577. The lowest BCUT2D eigenvalue weighted by Crippen LogP contribution is -2.08. The molecule has 0 saturated carbocycles. The number of anilines is 2. The molecule has 0 amide bonds. The third-order valence-electron chi connectivity index (χ3n) is 4.17. The van der Waals surface area contributed by atoms with Crippen molar-refractivity contribution in [1.82, 2.24) is 19.6 Å². The molecule has 0 aliphatic rings. The summed E-state index contributed by atoms with van der Waals surface area (Å²) in [5.41, 5.74) is 4.27. The van der Waals surface area contributed by atoms with Gasteiger partial charge in [-0.2, -0.15) is 9.50 Å². The van der Waals surface area contributed by atoms with Gasteiger partial charge >= 0.3 is 0 Å². The number of hydrogen-bond acceptors (Lipinski definition) is 5. The zero-order chi connectivity index (χ0) is 17.4. The lowest BCUT2D eigenvalue weighted by atomic mass is 10.1. The van der Waals surface area contributed by atoms with Crippen LogP contribution in [0.2, 0.25) is 0 Å². The van der Waals surface area contributed by atoms with E-state index in [4.69, 9.17) is 4.42 Å². The molecule has 3 aromatic heterocycles. The number of aryl methyl sites for hydroxylation is 2. The molecule has 0 unspecified atom stereocenters. The van der Waals surface area contributed by atoms with Gasteiger partial charge < -0.3 is 9.73 Å². The van der Waals surface area contributed by atoms with Crippen LogP contribution in [0, 0.1) is 13.8 Å². The van der Waals surface area contributed by atoms with Crippen LogP contribution >= 0.6 is 0 Å². The fraction of sp³-hybridized carbons (Fsp3) is 0.211. The van der Waals surface area contributed by atoms with Gasteiger partial charge in [-0.25, -0.2) is 4.98 Å². The number of fused-ring (bicyclic) bond motifs is 1. The SMILES string of the molecule is CCc1c(C)nc2nc(-c3ccco3)nn2c1Nc1cccc(C)c1. The van der Waals surface area contributed by atoms with Gasteiger partial charge in [0.25, 0.3) is 5.78 Å². The first-order valence-electron chi connectivity index (χ1n) is 8.29. The molecule has 0 aliphatic carbocycles. The van der Waals surface area contributed by atoms with Crippen LogP contribution in [0.15, 0.2) is 47.1 Å². The van der Waals surface area contributed by atoms with E-state index in [0.29, 0.717) is 17.4 Å². The highest BCUT2D eigenvalue weighted by Gasteiger charge is 2.17. The van der Waals surface area contributed by atoms with Crippen molar-refractivity contribution < 1.29 is 4.42 Å². The van der Waals surface area contributed by atoms with Crippen molar-refractivity contribution in [1.29, 1.82) is 0 Å². The average Bonchev–Trinajstić information content (AvgIpc) is 3.24. The third kappa shape index (κ3) is 2.76. The van der Waals surface area contributed by atoms with Crippen LogP contribution in [0.25, 0.3) is 17.4 Å². The fourth-order valence-electron chi connectivity index (χ4n) is 2.96. The molecule has 0 fully saturated rings. The molecule has 1 N–H and O–H groups in total. The van der Waals surface area contributed by atoms with Crippen LogP contribution in [0.3, 0.4) is 0 Å². The molecule has 25 heavy (non-hydrogen) atoms. The summed E-state index contributed by atoms with van der Waals surface area (Å²) in [5, 5.41) is 8.11. The quantitative estimate of drug-likeness (QED) is 0.603. The highest BCUT2D eigenvalue weighted by molar-refractivity contribution is 5.64. The smallest absolute Gasteiger partial charge is 0.255 e. The van der Waals surface area contributed by atoms with E-state index >= 15 is 0 Å². The largest absolute Gasteiger partial charge is 0.461 e. The van der Waals surface area contributed by atoms with E-state index < -0.39 is 0 Å². The van der Waals surface area contributed by atoms with Gasteiger partial charge in [-0.1, -0.05) is 19.1 Å². The molecule has 1 aromatic carbocycles. The van der Waals surface area contributed by atoms with Gasteiger partial charge in [-0.15, -0.1) is 5.10 Å². The maximum atomic E-state index is 5.42. The molecule has 6 nitrogen and oxygen atoms in total. The third-order valence-corrected chi connectivity index (χ3v) is 4.17. The molecule has 0 bridgehead atoms. The second-order valence-corrected chi connectivity index (χ2v) is 6.00. The van der Waals surface area contributed by atoms with Crippen molar-refractivity contribution in [2.45, 2.75) is 27.2 Å². The maximum absolute atomic E-state index is 5.42. The van der Waals surface area contributed by atoms with Crippen LogP contribution in [0.4, 0.5) is 11.5 Å². The predicted molar refractivity (Wildman–Crippen MR) is 97.1 cm³/mol. The highest BCUT2D eigenvalue weighted by atomic mass is 16.3. The standard InChI is InChI=1S/C19H19N5O/c1-4-15-13(3)20-19-22-17(16-9-6-10-25-16)23-24(19)18(15)21-14-8-5-7-12(2)11-14/h5-11,21H,4H2,1-3H3. The van der Waals surface area contributed by atoms with Gasteiger partial charge in [0, 0.05) is 16.9 Å². The number of aromatic nitrogens is 4. The Balaban J connectivity index is 1.90. The Morgan fingerprint density at radius 1 is 1.12 bits per heavy atom. The first kappa shape index (κ1) is 15.4. The van der Waals surface area contributed by atoms with E-state index in [1.165, 1.54) is 5.56 Å². The molecule has 6 heteroatoms. The zero-order valence-corrected chi connectivity index (χ0v) is 14.4. The average molecular weight is 333 g/mol. The molecule has 0 radical (unpaired) electrons. The predicted octanol–water partition coefficient (Wildman–Crippen LogP) is 4.31. The topological polar surface area (TPSA) is 68.2 Å². The van der Waals surface area contributed by atoms with E-state index in [2.05, 4.69) is 46.4 Å². The fourth-order valence-corrected chi connectivity index (χ4v) is 2.96. The molecule has 4 rings (SSSR count). The van der Waals surface area contributed by atoms with Crippen molar-refractivity contribution in [3.8, 4) is 11.6 Å². The summed E-state index contributed by atoms with van der Waals surface area (Å²) in [4.78, 5) is 9.12. The molecule has 0 saturated heterocycles. The molecule has 0 aliphatic heterocycles. The molecule has 0 atom stereocenters. The van der Waals surface area contributed by atoms with E-state index in [1.54, 1.807) is 10.8 Å². The monoisotopic (exact) mass is 333 g/mol. The van der Waals surface area contributed by atoms with Gasteiger partial charge in [0.2, 0.25) is 5.82 Å². The number of nitrogens with zero attached hydrogens (tertiary/aromatic N) is 4. The zero-order valence-electron chi connectivity index (χ0n) is 14.4. The van der Waals surface area contributed by atoms with Gasteiger partial charge in [-0.3, -0.25) is 0 Å². The Bertz CT molecular complexity index is 1030. The highest BCUT2D eigenvalue weighted by Crippen LogP contribution is 2.26. The number of benzene rings is 1. The number of hydrogen-bond donors (Lipinski definition) is 1. The summed E-state index contributed by atoms with van der Waals surface area (Å²) in [6.07, 6.45) is 2.46. The minimum Gasteiger partial charge on any atom is -0.461 e. The van der Waals surface area contributed by atoms with Crippen LogP contribution in [0.5, 0.6) is 0 Å². The molecule has 0 spiro atoms. The van der Waals surface area contributed by atoms with E-state index in [9.17, 15) is 0 Å². The number of nitrogens with one attached hydrogen (secondary N) is 1. The summed E-state index contributed by atoms with van der Waals surface area (Å²) in [7, 11) is 0. The first-order valence-corrected chi connectivity index (χ1v) is 8.29. The van der Waals surface area contributed by atoms with Crippen molar-refractivity contribution in [2.24, 2.45) is 0 Å². The molecule has 126 valence electrons. The van der Waals surface area contributed by atoms with Crippen LogP contribution in [-0.4, -0.2) is 19.6 Å². The summed E-state index contributed by atoms with van der Waals surface area (Å²) >= 11 is 0. The van der Waals surface area contributed by atoms with E-state index in [0.717, 1.165) is 29.2 Å². The second-order valence-electron chi connectivity index (χ2n) is 6.00. The summed E-state index contributed by atoms with van der Waals surface area (Å²) in [6, 6.07) is 11.9. The van der Waals surface area contributed by atoms with E-state index in [1.807, 2.05) is 31.2 Å². The van der Waals surface area contributed by atoms with Gasteiger partial charge in [0.05, 0.1) is 6.26 Å². The summed E-state index contributed by atoms with van der Waals surface area (Å²) in [6.45, 7) is 6.19. The maximum Gasteiger partial charge on any atom is 0.255 e. The molecule has 4 aromatic rings. The second kappa shape index (κ2) is 6.05. The molecular formula is C19H19N5O. The normalized spacial score (nSPS) is 11.2. The van der Waals surface area contributed by atoms with Crippen molar-refractivity contribution in [3.63, 3.8) is 0 Å². The Hall–Kier alpha value is -3.15.